The highest BCUT2D eigenvalue weighted by molar-refractivity contribution is 7.99. The fraction of sp³-hybridized carbons (Fsp3) is 0.0833. The van der Waals surface area contributed by atoms with Crippen LogP contribution in [0.5, 0.6) is 0 Å². The quantitative estimate of drug-likeness (QED) is 0.188. The Morgan fingerprint density at radius 3 is 2.34 bits per heavy atom. The van der Waals surface area contributed by atoms with Crippen molar-refractivity contribution in [2.24, 2.45) is 0 Å². The SMILES string of the molecule is O=C(CSc1nnc(CNC(=O)c2ccc(Cl)cc2Cl)n1-c1ccc(Cl)c(Cl)c1)c1ccccc1. The molecule has 4 rings (SSSR count). The van der Waals surface area contributed by atoms with Crippen LogP contribution in [0, 0.1) is 0 Å². The minimum absolute atomic E-state index is 0.0399. The number of hydrogen-bond acceptors (Lipinski definition) is 5. The minimum atomic E-state index is -0.399. The third-order valence-corrected chi connectivity index (χ3v) is 7.09. The lowest BCUT2D eigenvalue weighted by Crippen LogP contribution is -2.25. The molecular weight excluding hydrogens is 550 g/mol. The summed E-state index contributed by atoms with van der Waals surface area (Å²) in [5.74, 6) is 0.128. The molecule has 0 unspecified atom stereocenters. The number of carbonyl (C=O) groups is 2. The first-order valence-electron chi connectivity index (χ1n) is 10.2. The first-order chi connectivity index (χ1) is 16.8. The highest BCUT2D eigenvalue weighted by Gasteiger charge is 2.19. The normalized spacial score (nSPS) is 10.9. The molecule has 0 bridgehead atoms. The van der Waals surface area contributed by atoms with Gasteiger partial charge in [0.1, 0.15) is 0 Å². The molecule has 1 heterocycles. The fourth-order valence-electron chi connectivity index (χ4n) is 3.16. The molecule has 0 spiro atoms. The summed E-state index contributed by atoms with van der Waals surface area (Å²) in [5.41, 5.74) is 1.51. The van der Waals surface area contributed by atoms with E-state index in [9.17, 15) is 9.59 Å². The van der Waals surface area contributed by atoms with E-state index in [0.717, 1.165) is 0 Å². The highest BCUT2D eigenvalue weighted by Crippen LogP contribution is 2.29. The number of hydrogen-bond donors (Lipinski definition) is 1. The molecule has 0 aliphatic rings. The Labute approximate surface area is 225 Å². The van der Waals surface area contributed by atoms with E-state index in [1.807, 2.05) is 18.2 Å². The van der Waals surface area contributed by atoms with Gasteiger partial charge in [-0.1, -0.05) is 88.5 Å². The van der Waals surface area contributed by atoms with E-state index in [1.54, 1.807) is 47.0 Å². The number of rotatable bonds is 8. The second kappa shape index (κ2) is 11.5. The maximum atomic E-state index is 12.7. The molecule has 1 aromatic heterocycles. The Kier molecular flexibility index (Phi) is 8.36. The lowest BCUT2D eigenvalue weighted by Gasteiger charge is -2.12. The van der Waals surface area contributed by atoms with Crippen LogP contribution in [0.4, 0.5) is 0 Å². The summed E-state index contributed by atoms with van der Waals surface area (Å²) in [6, 6.07) is 18.7. The van der Waals surface area contributed by atoms with Gasteiger partial charge in [0.2, 0.25) is 0 Å². The third kappa shape index (κ3) is 6.18. The lowest BCUT2D eigenvalue weighted by atomic mass is 10.2. The monoisotopic (exact) mass is 564 g/mol. The van der Waals surface area contributed by atoms with Gasteiger partial charge in [-0.15, -0.1) is 10.2 Å². The molecule has 6 nitrogen and oxygen atoms in total. The van der Waals surface area contributed by atoms with Crippen molar-refractivity contribution < 1.29 is 9.59 Å². The molecule has 1 N–H and O–H groups in total. The van der Waals surface area contributed by atoms with Crippen molar-refractivity contribution in [2.75, 3.05) is 5.75 Å². The number of nitrogens with zero attached hydrogens (tertiary/aromatic N) is 3. The van der Waals surface area contributed by atoms with Crippen molar-refractivity contribution in [3.8, 4) is 5.69 Å². The number of Topliss-reactive ketones (excluding diaryl/α,β-unsaturated/α-hetero) is 1. The number of ketones is 1. The zero-order chi connectivity index (χ0) is 24.9. The third-order valence-electron chi connectivity index (χ3n) is 4.87. The molecule has 1 amide bonds. The van der Waals surface area contributed by atoms with Gasteiger partial charge in [-0.2, -0.15) is 0 Å². The van der Waals surface area contributed by atoms with Crippen molar-refractivity contribution in [2.45, 2.75) is 11.7 Å². The van der Waals surface area contributed by atoms with Gasteiger partial charge in [0.15, 0.2) is 16.8 Å². The van der Waals surface area contributed by atoms with E-state index in [0.29, 0.717) is 37.3 Å². The van der Waals surface area contributed by atoms with E-state index in [-0.39, 0.29) is 28.7 Å². The van der Waals surface area contributed by atoms with Crippen LogP contribution in [0.1, 0.15) is 26.5 Å². The fourth-order valence-corrected chi connectivity index (χ4v) is 4.81. The van der Waals surface area contributed by atoms with Gasteiger partial charge >= 0.3 is 0 Å². The van der Waals surface area contributed by atoms with Gasteiger partial charge in [0, 0.05) is 10.6 Å². The summed E-state index contributed by atoms with van der Waals surface area (Å²) >= 11 is 25.6. The largest absolute Gasteiger partial charge is 0.345 e. The Morgan fingerprint density at radius 2 is 1.63 bits per heavy atom. The van der Waals surface area contributed by atoms with E-state index in [4.69, 9.17) is 46.4 Å². The molecule has 0 radical (unpaired) electrons. The lowest BCUT2D eigenvalue weighted by molar-refractivity contribution is 0.0949. The van der Waals surface area contributed by atoms with Crippen LogP contribution in [0.3, 0.4) is 0 Å². The summed E-state index contributed by atoms with van der Waals surface area (Å²) in [6.45, 7) is 0.0399. The molecule has 0 saturated carbocycles. The Balaban J connectivity index is 1.59. The molecule has 3 aromatic carbocycles. The van der Waals surface area contributed by atoms with Gasteiger partial charge in [-0.05, 0) is 36.4 Å². The topological polar surface area (TPSA) is 76.9 Å². The molecule has 0 fully saturated rings. The predicted molar refractivity (Wildman–Crippen MR) is 141 cm³/mol. The molecule has 178 valence electrons. The Hall–Kier alpha value is -2.55. The van der Waals surface area contributed by atoms with Gasteiger partial charge < -0.3 is 5.32 Å². The number of amides is 1. The Bertz CT molecular complexity index is 1400. The van der Waals surface area contributed by atoms with Crippen molar-refractivity contribution in [3.05, 3.63) is 104 Å². The summed E-state index contributed by atoms with van der Waals surface area (Å²) in [6.07, 6.45) is 0. The van der Waals surface area contributed by atoms with Crippen LogP contribution in [0.2, 0.25) is 20.1 Å². The van der Waals surface area contributed by atoms with Crippen molar-refractivity contribution in [1.29, 1.82) is 0 Å². The zero-order valence-electron chi connectivity index (χ0n) is 17.8. The second-order valence-electron chi connectivity index (χ2n) is 7.22. The standard InChI is InChI=1S/C24H16Cl4N4O2S/c25-15-6-8-17(19(27)10-15)23(34)29-12-22-30-31-24(32(22)16-7-9-18(26)20(28)11-16)35-13-21(33)14-4-2-1-3-5-14/h1-11H,12-13H2,(H,29,34). The summed E-state index contributed by atoms with van der Waals surface area (Å²) in [5, 5.41) is 13.1. The van der Waals surface area contributed by atoms with Crippen LogP contribution in [-0.4, -0.2) is 32.2 Å². The van der Waals surface area contributed by atoms with Crippen molar-refractivity contribution in [1.82, 2.24) is 20.1 Å². The van der Waals surface area contributed by atoms with Crippen LogP contribution in [-0.2, 0) is 6.54 Å². The number of halogens is 4. The summed E-state index contributed by atoms with van der Waals surface area (Å²) in [7, 11) is 0. The van der Waals surface area contributed by atoms with Gasteiger partial charge in [0.05, 0.1) is 38.6 Å². The predicted octanol–water partition coefficient (Wildman–Crippen LogP) is 6.79. The van der Waals surface area contributed by atoms with Crippen LogP contribution in [0.25, 0.3) is 5.69 Å². The smallest absolute Gasteiger partial charge is 0.253 e. The zero-order valence-corrected chi connectivity index (χ0v) is 21.7. The van der Waals surface area contributed by atoms with E-state index in [2.05, 4.69) is 15.5 Å². The highest BCUT2D eigenvalue weighted by atomic mass is 35.5. The average molecular weight is 566 g/mol. The van der Waals surface area contributed by atoms with Gasteiger partial charge in [-0.25, -0.2) is 0 Å². The summed E-state index contributed by atoms with van der Waals surface area (Å²) in [4.78, 5) is 25.3. The summed E-state index contributed by atoms with van der Waals surface area (Å²) < 4.78 is 1.72. The Morgan fingerprint density at radius 1 is 0.857 bits per heavy atom. The molecule has 4 aromatic rings. The minimum Gasteiger partial charge on any atom is -0.345 e. The number of nitrogens with one attached hydrogen (secondary N) is 1. The molecule has 0 aliphatic heterocycles. The average Bonchev–Trinajstić information content (AvgIpc) is 3.26. The van der Waals surface area contributed by atoms with Crippen molar-refractivity contribution in [3.63, 3.8) is 0 Å². The first-order valence-corrected chi connectivity index (χ1v) is 12.7. The van der Waals surface area contributed by atoms with E-state index in [1.165, 1.54) is 17.8 Å². The number of thioether (sulfide) groups is 1. The molecule has 0 saturated heterocycles. The van der Waals surface area contributed by atoms with Crippen molar-refractivity contribution >= 4 is 69.9 Å². The van der Waals surface area contributed by atoms with Crippen LogP contribution in [0.15, 0.2) is 71.9 Å². The maximum Gasteiger partial charge on any atom is 0.253 e. The van der Waals surface area contributed by atoms with Gasteiger partial charge in [-0.3, -0.25) is 14.2 Å². The molecule has 0 atom stereocenters. The molecule has 0 aliphatic carbocycles. The van der Waals surface area contributed by atoms with Gasteiger partial charge in [0.25, 0.3) is 5.91 Å². The molecule has 35 heavy (non-hydrogen) atoms. The number of carbonyl (C=O) groups excluding carboxylic acids is 2. The number of aromatic nitrogens is 3. The maximum absolute atomic E-state index is 12.7. The van der Waals surface area contributed by atoms with E-state index >= 15 is 0 Å². The van der Waals surface area contributed by atoms with Crippen LogP contribution < -0.4 is 5.32 Å². The van der Waals surface area contributed by atoms with Crippen LogP contribution >= 0.6 is 58.2 Å². The first kappa shape index (κ1) is 25.5. The molecular formula is C24H16Cl4N4O2S. The second-order valence-corrected chi connectivity index (χ2v) is 9.82. The number of benzene rings is 3. The van der Waals surface area contributed by atoms with E-state index < -0.39 is 5.91 Å². The molecule has 11 heteroatoms.